The number of aliphatic hydroxyl groups excluding tert-OH is 1. The van der Waals surface area contributed by atoms with Crippen molar-refractivity contribution in [1.82, 2.24) is 9.80 Å². The minimum Gasteiger partial charge on any atom is -0.395 e. The molecular weight excluding hydrogens is 260 g/mol. The molecular formula is C18H28N2O. The summed E-state index contributed by atoms with van der Waals surface area (Å²) in [6, 6.07) is 12.1. The van der Waals surface area contributed by atoms with Gasteiger partial charge in [-0.1, -0.05) is 30.3 Å². The molecule has 2 fully saturated rings. The molecule has 2 heterocycles. The highest BCUT2D eigenvalue weighted by Gasteiger charge is 2.48. The summed E-state index contributed by atoms with van der Waals surface area (Å²) in [6.07, 6.45) is 2.48. The predicted octanol–water partition coefficient (Wildman–Crippen LogP) is 2.49. The molecule has 1 aromatic rings. The first-order valence-corrected chi connectivity index (χ1v) is 8.18. The van der Waals surface area contributed by atoms with Gasteiger partial charge in [-0.15, -0.1) is 0 Å². The second-order valence-electron chi connectivity index (χ2n) is 7.53. The maximum Gasteiger partial charge on any atom is 0.0602 e. The summed E-state index contributed by atoms with van der Waals surface area (Å²) in [5, 5.41) is 9.96. The van der Waals surface area contributed by atoms with E-state index < -0.39 is 0 Å². The predicted molar refractivity (Wildman–Crippen MR) is 86.1 cm³/mol. The number of nitrogens with zero attached hydrogens (tertiary/aromatic N) is 2. The molecule has 0 saturated carbocycles. The fourth-order valence-corrected chi connectivity index (χ4v) is 4.18. The topological polar surface area (TPSA) is 26.7 Å². The number of piperazine rings is 1. The number of rotatable bonds is 3. The number of aliphatic hydroxyl groups is 1. The van der Waals surface area contributed by atoms with Gasteiger partial charge < -0.3 is 5.11 Å². The molecule has 3 nitrogen and oxygen atoms in total. The van der Waals surface area contributed by atoms with Gasteiger partial charge in [0, 0.05) is 36.8 Å². The number of benzene rings is 1. The molecule has 0 spiro atoms. The van der Waals surface area contributed by atoms with Crippen molar-refractivity contribution in [1.29, 1.82) is 0 Å². The van der Waals surface area contributed by atoms with Crippen LogP contribution < -0.4 is 0 Å². The van der Waals surface area contributed by atoms with Crippen LogP contribution in [0.1, 0.15) is 39.2 Å². The summed E-state index contributed by atoms with van der Waals surface area (Å²) in [6.45, 7) is 9.16. The van der Waals surface area contributed by atoms with E-state index in [4.69, 9.17) is 0 Å². The van der Waals surface area contributed by atoms with Gasteiger partial charge in [-0.2, -0.15) is 0 Å². The van der Waals surface area contributed by atoms with E-state index in [2.05, 4.69) is 60.9 Å². The van der Waals surface area contributed by atoms with Crippen molar-refractivity contribution in [3.05, 3.63) is 35.9 Å². The van der Waals surface area contributed by atoms with Gasteiger partial charge in [0.25, 0.3) is 0 Å². The van der Waals surface area contributed by atoms with Crippen LogP contribution in [0.15, 0.2) is 30.3 Å². The maximum absolute atomic E-state index is 9.96. The second-order valence-corrected chi connectivity index (χ2v) is 7.53. The molecule has 1 aromatic carbocycles. The zero-order valence-electron chi connectivity index (χ0n) is 13.5. The SMILES string of the molecule is CC(C)(C)N1C[C@@H]2CC[C@H]([C@H]1CO)N2Cc1ccccc1. The van der Waals surface area contributed by atoms with Crippen LogP contribution in [0.4, 0.5) is 0 Å². The minimum atomic E-state index is 0.132. The van der Waals surface area contributed by atoms with E-state index in [9.17, 15) is 5.11 Å². The molecule has 116 valence electrons. The molecule has 0 radical (unpaired) electrons. The van der Waals surface area contributed by atoms with Crippen LogP contribution in [-0.4, -0.2) is 51.7 Å². The Hall–Kier alpha value is -0.900. The zero-order chi connectivity index (χ0) is 15.0. The van der Waals surface area contributed by atoms with Gasteiger partial charge in [0.15, 0.2) is 0 Å². The van der Waals surface area contributed by atoms with Crippen LogP contribution in [0, 0.1) is 0 Å². The first-order valence-electron chi connectivity index (χ1n) is 8.18. The van der Waals surface area contributed by atoms with E-state index in [1.165, 1.54) is 18.4 Å². The maximum atomic E-state index is 9.96. The highest BCUT2D eigenvalue weighted by Crippen LogP contribution is 2.38. The van der Waals surface area contributed by atoms with E-state index in [1.54, 1.807) is 0 Å². The summed E-state index contributed by atoms with van der Waals surface area (Å²) >= 11 is 0. The van der Waals surface area contributed by atoms with Crippen LogP contribution >= 0.6 is 0 Å². The van der Waals surface area contributed by atoms with Gasteiger partial charge in [-0.05, 0) is 39.2 Å². The van der Waals surface area contributed by atoms with Crippen LogP contribution in [0.3, 0.4) is 0 Å². The molecule has 3 atom stereocenters. The Balaban J connectivity index is 1.80. The fraction of sp³-hybridized carbons (Fsp3) is 0.667. The van der Waals surface area contributed by atoms with Gasteiger partial charge >= 0.3 is 0 Å². The molecule has 0 unspecified atom stereocenters. The summed E-state index contributed by atoms with van der Waals surface area (Å²) in [5.74, 6) is 0. The average Bonchev–Trinajstić information content (AvgIpc) is 2.71. The lowest BCUT2D eigenvalue weighted by molar-refractivity contribution is -0.0560. The van der Waals surface area contributed by atoms with Gasteiger partial charge in [-0.3, -0.25) is 9.80 Å². The lowest BCUT2D eigenvalue weighted by atomic mass is 9.95. The first-order chi connectivity index (χ1) is 10.0. The molecule has 0 aromatic heterocycles. The van der Waals surface area contributed by atoms with Crippen molar-refractivity contribution in [3.63, 3.8) is 0 Å². The summed E-state index contributed by atoms with van der Waals surface area (Å²) in [7, 11) is 0. The Morgan fingerprint density at radius 1 is 1.14 bits per heavy atom. The summed E-state index contributed by atoms with van der Waals surface area (Å²) < 4.78 is 0. The van der Waals surface area contributed by atoms with E-state index in [-0.39, 0.29) is 18.2 Å². The van der Waals surface area contributed by atoms with Gasteiger partial charge in [0.2, 0.25) is 0 Å². The molecule has 0 amide bonds. The van der Waals surface area contributed by atoms with Crippen LogP contribution in [0.5, 0.6) is 0 Å². The summed E-state index contributed by atoms with van der Waals surface area (Å²) in [5.41, 5.74) is 1.52. The normalized spacial score (nSPS) is 30.8. The number of likely N-dealkylation sites (tertiary alicyclic amines) is 1. The third kappa shape index (κ3) is 2.87. The Kier molecular flexibility index (Phi) is 4.08. The van der Waals surface area contributed by atoms with Crippen molar-refractivity contribution in [2.45, 2.75) is 63.8 Å². The van der Waals surface area contributed by atoms with E-state index in [0.717, 1.165) is 13.1 Å². The molecule has 3 rings (SSSR count). The highest BCUT2D eigenvalue weighted by molar-refractivity contribution is 5.16. The summed E-state index contributed by atoms with van der Waals surface area (Å²) in [4.78, 5) is 5.16. The molecule has 2 aliphatic rings. The molecule has 1 N–H and O–H groups in total. The van der Waals surface area contributed by atoms with Crippen LogP contribution in [0.2, 0.25) is 0 Å². The molecule has 2 saturated heterocycles. The lowest BCUT2D eigenvalue weighted by Crippen LogP contribution is -2.65. The smallest absolute Gasteiger partial charge is 0.0602 e. The quantitative estimate of drug-likeness (QED) is 0.926. The van der Waals surface area contributed by atoms with E-state index in [1.807, 2.05) is 0 Å². The largest absolute Gasteiger partial charge is 0.395 e. The second kappa shape index (κ2) is 5.71. The number of hydrogen-bond donors (Lipinski definition) is 1. The molecule has 0 aliphatic carbocycles. The third-order valence-corrected chi connectivity index (χ3v) is 5.20. The molecule has 2 aliphatic heterocycles. The van der Waals surface area contributed by atoms with Gasteiger partial charge in [-0.25, -0.2) is 0 Å². The minimum absolute atomic E-state index is 0.132. The van der Waals surface area contributed by atoms with Crippen molar-refractivity contribution in [2.75, 3.05) is 13.2 Å². The Bertz CT molecular complexity index is 468. The lowest BCUT2D eigenvalue weighted by Gasteiger charge is -2.51. The monoisotopic (exact) mass is 288 g/mol. The van der Waals surface area contributed by atoms with Gasteiger partial charge in [0.05, 0.1) is 6.61 Å². The molecule has 2 bridgehead atoms. The van der Waals surface area contributed by atoms with Crippen molar-refractivity contribution in [2.24, 2.45) is 0 Å². The van der Waals surface area contributed by atoms with Crippen molar-refractivity contribution >= 4 is 0 Å². The van der Waals surface area contributed by atoms with Crippen LogP contribution in [0.25, 0.3) is 0 Å². The zero-order valence-corrected chi connectivity index (χ0v) is 13.5. The highest BCUT2D eigenvalue weighted by atomic mass is 16.3. The van der Waals surface area contributed by atoms with Crippen LogP contribution in [-0.2, 0) is 6.54 Å². The van der Waals surface area contributed by atoms with Crippen molar-refractivity contribution in [3.8, 4) is 0 Å². The fourth-order valence-electron chi connectivity index (χ4n) is 4.18. The number of hydrogen-bond acceptors (Lipinski definition) is 3. The molecule has 21 heavy (non-hydrogen) atoms. The Morgan fingerprint density at radius 3 is 2.48 bits per heavy atom. The van der Waals surface area contributed by atoms with Crippen molar-refractivity contribution < 1.29 is 5.11 Å². The Morgan fingerprint density at radius 2 is 1.86 bits per heavy atom. The first kappa shape index (κ1) is 15.0. The van der Waals surface area contributed by atoms with E-state index in [0.29, 0.717) is 12.1 Å². The van der Waals surface area contributed by atoms with Gasteiger partial charge in [0.1, 0.15) is 0 Å². The molecule has 3 heteroatoms. The third-order valence-electron chi connectivity index (χ3n) is 5.20. The number of fused-ring (bicyclic) bond motifs is 2. The Labute approximate surface area is 128 Å². The van der Waals surface area contributed by atoms with E-state index >= 15 is 0 Å². The standard InChI is InChI=1S/C18H28N2O/c1-18(2,3)20-12-15-9-10-16(17(20)13-21)19(15)11-14-7-5-4-6-8-14/h4-8,15-17,21H,9-13H2,1-3H3/t15-,16+,17+/m0/s1. The average molecular weight is 288 g/mol.